The molecule has 0 aromatic rings. The van der Waals surface area contributed by atoms with E-state index in [1.807, 2.05) is 0 Å². The Balaban J connectivity index is 2.35. The number of carbonyl (C=O) groups is 3. The lowest BCUT2D eigenvalue weighted by Crippen LogP contribution is -2.21. The molecular formula is C9H7NO4. The summed E-state index contributed by atoms with van der Waals surface area (Å²) in [5.74, 6) is -3.07. The van der Waals surface area contributed by atoms with E-state index >= 15 is 0 Å². The van der Waals surface area contributed by atoms with Crippen LogP contribution in [0, 0.1) is 11.8 Å². The molecule has 0 saturated carbocycles. The molecule has 2 N–H and O–H groups in total. The number of carbonyl (C=O) groups excluding carboxylic acids is 2. The van der Waals surface area contributed by atoms with Crippen LogP contribution < -0.4 is 5.32 Å². The predicted octanol–water partition coefficient (Wildman–Crippen LogP) is -0.544. The molecule has 14 heavy (non-hydrogen) atoms. The summed E-state index contributed by atoms with van der Waals surface area (Å²) in [6.45, 7) is 0. The van der Waals surface area contributed by atoms with Crippen LogP contribution in [0.25, 0.3) is 0 Å². The zero-order valence-electron chi connectivity index (χ0n) is 7.06. The van der Waals surface area contributed by atoms with Crippen LogP contribution in [0.15, 0.2) is 23.8 Å². The number of amides is 2. The second kappa shape index (κ2) is 2.80. The van der Waals surface area contributed by atoms with Gasteiger partial charge in [-0.25, -0.2) is 4.79 Å². The topological polar surface area (TPSA) is 83.5 Å². The molecule has 1 fully saturated rings. The molecule has 0 bridgehead atoms. The molecule has 0 aromatic heterocycles. The molecule has 2 rings (SSSR count). The van der Waals surface area contributed by atoms with Gasteiger partial charge >= 0.3 is 5.97 Å². The van der Waals surface area contributed by atoms with Crippen LogP contribution in [0.2, 0.25) is 0 Å². The maximum absolute atomic E-state index is 11.2. The fourth-order valence-electron chi connectivity index (χ4n) is 1.60. The summed E-state index contributed by atoms with van der Waals surface area (Å²) in [4.78, 5) is 32.9. The van der Waals surface area contributed by atoms with E-state index in [0.29, 0.717) is 0 Å². The third kappa shape index (κ3) is 1.14. The van der Waals surface area contributed by atoms with Gasteiger partial charge in [-0.15, -0.1) is 0 Å². The van der Waals surface area contributed by atoms with E-state index in [0.717, 1.165) is 0 Å². The van der Waals surface area contributed by atoms with Crippen molar-refractivity contribution in [2.75, 3.05) is 0 Å². The standard InChI is InChI=1S/C9H7NO4/c11-7-5-2-1-4(9(13)14)3-6(5)8(12)10-7/h1-3,5-6H,(H,13,14)(H,10,11,12). The summed E-state index contributed by atoms with van der Waals surface area (Å²) in [7, 11) is 0. The Labute approximate surface area is 79.1 Å². The summed E-state index contributed by atoms with van der Waals surface area (Å²) in [6.07, 6.45) is 4.11. The molecule has 2 unspecified atom stereocenters. The lowest BCUT2D eigenvalue weighted by Gasteiger charge is -2.12. The van der Waals surface area contributed by atoms with Gasteiger partial charge in [0.15, 0.2) is 0 Å². The van der Waals surface area contributed by atoms with Gasteiger partial charge in [-0.1, -0.05) is 18.2 Å². The van der Waals surface area contributed by atoms with Crippen LogP contribution in [0.5, 0.6) is 0 Å². The van der Waals surface area contributed by atoms with Gasteiger partial charge in [-0.2, -0.15) is 0 Å². The maximum Gasteiger partial charge on any atom is 0.335 e. The molecular weight excluding hydrogens is 186 g/mol. The number of carboxylic acids is 1. The smallest absolute Gasteiger partial charge is 0.335 e. The van der Waals surface area contributed by atoms with Crippen molar-refractivity contribution >= 4 is 17.8 Å². The van der Waals surface area contributed by atoms with Gasteiger partial charge in [-0.05, 0) is 0 Å². The van der Waals surface area contributed by atoms with Crippen LogP contribution in [-0.2, 0) is 14.4 Å². The van der Waals surface area contributed by atoms with Gasteiger partial charge < -0.3 is 5.11 Å². The summed E-state index contributed by atoms with van der Waals surface area (Å²) >= 11 is 0. The molecule has 0 spiro atoms. The zero-order valence-corrected chi connectivity index (χ0v) is 7.06. The van der Waals surface area contributed by atoms with E-state index in [2.05, 4.69) is 5.32 Å². The maximum atomic E-state index is 11.2. The normalized spacial score (nSPS) is 29.6. The molecule has 1 saturated heterocycles. The van der Waals surface area contributed by atoms with Gasteiger partial charge in [0.2, 0.25) is 11.8 Å². The third-order valence-electron chi connectivity index (χ3n) is 2.33. The van der Waals surface area contributed by atoms with Gasteiger partial charge in [-0.3, -0.25) is 14.9 Å². The van der Waals surface area contributed by atoms with E-state index in [1.165, 1.54) is 18.2 Å². The highest BCUT2D eigenvalue weighted by atomic mass is 16.4. The summed E-state index contributed by atoms with van der Waals surface area (Å²) in [5, 5.41) is 10.8. The minimum absolute atomic E-state index is 0.0519. The molecule has 2 atom stereocenters. The first kappa shape index (κ1) is 8.68. The van der Waals surface area contributed by atoms with Crippen molar-refractivity contribution in [3.63, 3.8) is 0 Å². The second-order valence-electron chi connectivity index (χ2n) is 3.19. The molecule has 0 radical (unpaired) electrons. The summed E-state index contributed by atoms with van der Waals surface area (Å²) in [5.41, 5.74) is 0.0519. The van der Waals surface area contributed by atoms with E-state index in [1.54, 1.807) is 0 Å². The Morgan fingerprint density at radius 3 is 2.57 bits per heavy atom. The van der Waals surface area contributed by atoms with Crippen molar-refractivity contribution in [1.82, 2.24) is 5.32 Å². The van der Waals surface area contributed by atoms with Crippen LogP contribution in [0.3, 0.4) is 0 Å². The fourth-order valence-corrected chi connectivity index (χ4v) is 1.60. The molecule has 2 amide bonds. The van der Waals surface area contributed by atoms with Gasteiger partial charge in [0, 0.05) is 0 Å². The number of nitrogens with one attached hydrogen (secondary N) is 1. The molecule has 72 valence electrons. The van der Waals surface area contributed by atoms with E-state index in [-0.39, 0.29) is 11.5 Å². The number of fused-ring (bicyclic) bond motifs is 1. The quantitative estimate of drug-likeness (QED) is 0.547. The molecule has 1 aliphatic heterocycles. The fraction of sp³-hybridized carbons (Fsp3) is 0.222. The molecule has 1 aliphatic carbocycles. The van der Waals surface area contributed by atoms with Crippen molar-refractivity contribution in [2.24, 2.45) is 11.8 Å². The lowest BCUT2D eigenvalue weighted by atomic mass is 9.88. The number of hydrogen-bond donors (Lipinski definition) is 2. The highest BCUT2D eigenvalue weighted by Gasteiger charge is 2.40. The number of aliphatic carboxylic acids is 1. The zero-order chi connectivity index (χ0) is 10.3. The second-order valence-corrected chi connectivity index (χ2v) is 3.19. The minimum Gasteiger partial charge on any atom is -0.478 e. The van der Waals surface area contributed by atoms with Crippen molar-refractivity contribution in [3.8, 4) is 0 Å². The third-order valence-corrected chi connectivity index (χ3v) is 2.33. The largest absolute Gasteiger partial charge is 0.478 e. The first-order valence-corrected chi connectivity index (χ1v) is 4.07. The van der Waals surface area contributed by atoms with Crippen molar-refractivity contribution in [1.29, 1.82) is 0 Å². The molecule has 1 heterocycles. The predicted molar refractivity (Wildman–Crippen MR) is 45.0 cm³/mol. The first-order chi connectivity index (χ1) is 6.59. The lowest BCUT2D eigenvalue weighted by molar-refractivity contribution is -0.132. The Morgan fingerprint density at radius 1 is 1.29 bits per heavy atom. The van der Waals surface area contributed by atoms with Crippen molar-refractivity contribution in [3.05, 3.63) is 23.8 Å². The van der Waals surface area contributed by atoms with Crippen molar-refractivity contribution < 1.29 is 19.5 Å². The average molecular weight is 193 g/mol. The van der Waals surface area contributed by atoms with Crippen molar-refractivity contribution in [2.45, 2.75) is 0 Å². The Kier molecular flexibility index (Phi) is 1.73. The van der Waals surface area contributed by atoms with Crippen LogP contribution in [-0.4, -0.2) is 22.9 Å². The molecule has 0 aromatic carbocycles. The highest BCUT2D eigenvalue weighted by Crippen LogP contribution is 2.27. The monoisotopic (exact) mass is 193 g/mol. The number of carboxylic acid groups (broad SMARTS) is 1. The highest BCUT2D eigenvalue weighted by molar-refractivity contribution is 6.08. The van der Waals surface area contributed by atoms with Gasteiger partial charge in [0.25, 0.3) is 0 Å². The van der Waals surface area contributed by atoms with Crippen LogP contribution >= 0.6 is 0 Å². The molecule has 5 nitrogen and oxygen atoms in total. The van der Waals surface area contributed by atoms with Gasteiger partial charge in [0.1, 0.15) is 0 Å². The van der Waals surface area contributed by atoms with Crippen LogP contribution in [0.4, 0.5) is 0 Å². The Bertz CT molecular complexity index is 394. The van der Waals surface area contributed by atoms with Crippen LogP contribution in [0.1, 0.15) is 0 Å². The van der Waals surface area contributed by atoms with Gasteiger partial charge in [0.05, 0.1) is 17.4 Å². The summed E-state index contributed by atoms with van der Waals surface area (Å²) in [6, 6.07) is 0. The Hall–Kier alpha value is -1.91. The molecule has 2 aliphatic rings. The van der Waals surface area contributed by atoms with E-state index in [9.17, 15) is 14.4 Å². The number of imide groups is 1. The Morgan fingerprint density at radius 2 is 1.93 bits per heavy atom. The first-order valence-electron chi connectivity index (χ1n) is 4.07. The number of hydrogen-bond acceptors (Lipinski definition) is 3. The SMILES string of the molecule is O=C(O)C1=CC2C(=O)NC(=O)C2C=C1. The average Bonchev–Trinajstić information content (AvgIpc) is 2.42. The van der Waals surface area contributed by atoms with E-state index in [4.69, 9.17) is 5.11 Å². The summed E-state index contributed by atoms with van der Waals surface area (Å²) < 4.78 is 0. The molecule has 5 heteroatoms. The number of rotatable bonds is 1. The van der Waals surface area contributed by atoms with E-state index < -0.39 is 23.7 Å². The minimum atomic E-state index is -1.09.